The molecule has 0 saturated carbocycles. The van der Waals surface area contributed by atoms with E-state index in [4.69, 9.17) is 31.5 Å². The lowest BCUT2D eigenvalue weighted by atomic mass is 10.1. The van der Waals surface area contributed by atoms with Gasteiger partial charge in [0, 0.05) is 6.20 Å². The maximum Gasteiger partial charge on any atom is 0.338 e. The molecule has 0 unspecified atom stereocenters. The van der Waals surface area contributed by atoms with Crippen molar-refractivity contribution in [3.05, 3.63) is 88.2 Å². The first-order valence-electron chi connectivity index (χ1n) is 11.7. The molecule has 3 atom stereocenters. The number of nitrogens with zero attached hydrogens (tertiary/aromatic N) is 3. The van der Waals surface area contributed by atoms with Gasteiger partial charge in [-0.05, 0) is 44.2 Å². The highest BCUT2D eigenvalue weighted by molar-refractivity contribution is 6.34. The van der Waals surface area contributed by atoms with Gasteiger partial charge in [-0.15, -0.1) is 0 Å². The van der Waals surface area contributed by atoms with Gasteiger partial charge in [0.2, 0.25) is 5.95 Å². The number of esters is 2. The van der Waals surface area contributed by atoms with Gasteiger partial charge in [-0.2, -0.15) is 4.98 Å². The molecule has 10 heteroatoms. The minimum atomic E-state index is -0.787. The molecular weight excluding hydrogens is 496 g/mol. The van der Waals surface area contributed by atoms with Gasteiger partial charge in [-0.25, -0.2) is 14.6 Å². The molecular formula is C27H25ClN4O5. The minimum Gasteiger partial charge on any atom is -0.459 e. The van der Waals surface area contributed by atoms with Crippen molar-refractivity contribution in [2.45, 2.75) is 32.1 Å². The number of rotatable bonds is 6. The molecule has 2 aromatic carbocycles. The summed E-state index contributed by atoms with van der Waals surface area (Å²) in [5.74, 6) is -0.985. The largest absolute Gasteiger partial charge is 0.459 e. The van der Waals surface area contributed by atoms with E-state index in [0.29, 0.717) is 22.2 Å². The van der Waals surface area contributed by atoms with Crippen LogP contribution >= 0.6 is 11.6 Å². The van der Waals surface area contributed by atoms with E-state index in [1.807, 2.05) is 38.1 Å². The van der Waals surface area contributed by atoms with Crippen LogP contribution in [0.2, 0.25) is 5.15 Å². The Morgan fingerprint density at radius 3 is 2.27 bits per heavy atom. The maximum absolute atomic E-state index is 13.1. The van der Waals surface area contributed by atoms with E-state index in [-0.39, 0.29) is 24.3 Å². The monoisotopic (exact) mass is 520 g/mol. The van der Waals surface area contributed by atoms with Gasteiger partial charge >= 0.3 is 11.9 Å². The number of aryl methyl sites for hydroxylation is 2. The number of benzene rings is 2. The minimum absolute atomic E-state index is 0.0214. The zero-order valence-electron chi connectivity index (χ0n) is 20.3. The van der Waals surface area contributed by atoms with Crippen molar-refractivity contribution < 1.29 is 23.8 Å². The van der Waals surface area contributed by atoms with Crippen molar-refractivity contribution in [3.63, 3.8) is 0 Å². The number of nitrogen functional groups attached to an aromatic ring is 1. The number of carbonyl (C=O) groups is 2. The molecule has 0 spiro atoms. The fourth-order valence-electron chi connectivity index (χ4n) is 4.29. The van der Waals surface area contributed by atoms with Crippen molar-refractivity contribution in [3.8, 4) is 0 Å². The summed E-state index contributed by atoms with van der Waals surface area (Å²) in [6.07, 6.45) is 0.276. The van der Waals surface area contributed by atoms with Gasteiger partial charge in [0.15, 0.2) is 6.10 Å². The lowest BCUT2D eigenvalue weighted by molar-refractivity contribution is -0.0307. The van der Waals surface area contributed by atoms with Crippen molar-refractivity contribution >= 4 is 40.5 Å². The SMILES string of the molecule is Cc1ccc(C(=O)OC[C@H]2OC[C@@H](n3ccc4c(Cl)nc(N)nc43)[C@@H]2OC(=O)c2ccc(C)cc2)cc1. The predicted octanol–water partition coefficient (Wildman–Crippen LogP) is 4.31. The van der Waals surface area contributed by atoms with Crippen LogP contribution in [0.4, 0.5) is 5.95 Å². The summed E-state index contributed by atoms with van der Waals surface area (Å²) in [4.78, 5) is 34.0. The summed E-state index contributed by atoms with van der Waals surface area (Å²) in [5, 5.41) is 0.825. The molecule has 9 nitrogen and oxygen atoms in total. The Morgan fingerprint density at radius 2 is 1.62 bits per heavy atom. The van der Waals surface area contributed by atoms with Gasteiger partial charge in [-0.1, -0.05) is 47.0 Å². The molecule has 5 rings (SSSR count). The van der Waals surface area contributed by atoms with Gasteiger partial charge in [0.1, 0.15) is 23.5 Å². The fourth-order valence-corrected chi connectivity index (χ4v) is 4.52. The van der Waals surface area contributed by atoms with Crippen LogP contribution in [0.3, 0.4) is 0 Å². The second-order valence-electron chi connectivity index (χ2n) is 8.97. The van der Waals surface area contributed by atoms with Gasteiger partial charge < -0.3 is 24.5 Å². The van der Waals surface area contributed by atoms with Crippen LogP contribution in [0.15, 0.2) is 60.8 Å². The van der Waals surface area contributed by atoms with Gasteiger partial charge in [0.05, 0.1) is 29.2 Å². The predicted molar refractivity (Wildman–Crippen MR) is 138 cm³/mol. The Balaban J connectivity index is 1.41. The number of carbonyl (C=O) groups excluding carboxylic acids is 2. The molecule has 2 aromatic heterocycles. The van der Waals surface area contributed by atoms with Crippen LogP contribution in [-0.2, 0) is 14.2 Å². The zero-order valence-corrected chi connectivity index (χ0v) is 21.0. The van der Waals surface area contributed by atoms with Crippen LogP contribution in [0.5, 0.6) is 0 Å². The average molecular weight is 521 g/mol. The van der Waals surface area contributed by atoms with E-state index in [0.717, 1.165) is 11.1 Å². The number of halogens is 1. The van der Waals surface area contributed by atoms with Crippen LogP contribution in [0.25, 0.3) is 11.0 Å². The molecule has 1 saturated heterocycles. The van der Waals surface area contributed by atoms with Crippen LogP contribution < -0.4 is 5.73 Å². The first-order valence-corrected chi connectivity index (χ1v) is 12.1. The molecule has 1 aliphatic heterocycles. The van der Waals surface area contributed by atoms with Crippen LogP contribution in [0.1, 0.15) is 37.9 Å². The summed E-state index contributed by atoms with van der Waals surface area (Å²) in [5.41, 5.74) is 9.20. The van der Waals surface area contributed by atoms with Crippen molar-refractivity contribution in [1.82, 2.24) is 14.5 Å². The second kappa shape index (κ2) is 10.2. The van der Waals surface area contributed by atoms with E-state index >= 15 is 0 Å². The molecule has 0 amide bonds. The number of hydrogen-bond acceptors (Lipinski definition) is 8. The summed E-state index contributed by atoms with van der Waals surface area (Å²) < 4.78 is 19.3. The molecule has 37 heavy (non-hydrogen) atoms. The number of anilines is 1. The van der Waals surface area contributed by atoms with E-state index < -0.39 is 30.2 Å². The number of hydrogen-bond donors (Lipinski definition) is 1. The van der Waals surface area contributed by atoms with Gasteiger partial charge in [-0.3, -0.25) is 0 Å². The van der Waals surface area contributed by atoms with Crippen LogP contribution in [0, 0.1) is 13.8 Å². The summed E-state index contributed by atoms with van der Waals surface area (Å²) in [6.45, 7) is 3.95. The zero-order chi connectivity index (χ0) is 26.1. The van der Waals surface area contributed by atoms with Crippen molar-refractivity contribution in [2.24, 2.45) is 0 Å². The molecule has 0 radical (unpaired) electrons. The first-order chi connectivity index (χ1) is 17.8. The highest BCUT2D eigenvalue weighted by Crippen LogP contribution is 2.33. The van der Waals surface area contributed by atoms with Gasteiger partial charge in [0.25, 0.3) is 0 Å². The Hall–Kier alpha value is -3.95. The molecule has 3 heterocycles. The Bertz CT molecular complexity index is 1450. The molecule has 2 N–H and O–H groups in total. The highest BCUT2D eigenvalue weighted by Gasteiger charge is 2.43. The molecule has 1 aliphatic rings. The third-order valence-corrected chi connectivity index (χ3v) is 6.61. The topological polar surface area (TPSA) is 119 Å². The highest BCUT2D eigenvalue weighted by atomic mass is 35.5. The summed E-state index contributed by atoms with van der Waals surface area (Å²) in [6, 6.07) is 15.4. The molecule has 1 fully saturated rings. The van der Waals surface area contributed by atoms with E-state index in [2.05, 4.69) is 9.97 Å². The molecule has 0 aliphatic carbocycles. The average Bonchev–Trinajstić information content (AvgIpc) is 3.47. The van der Waals surface area contributed by atoms with Crippen molar-refractivity contribution in [2.75, 3.05) is 18.9 Å². The number of fused-ring (bicyclic) bond motifs is 1. The molecule has 4 aromatic rings. The third kappa shape index (κ3) is 5.14. The lowest BCUT2D eigenvalue weighted by Gasteiger charge is -2.24. The first kappa shape index (κ1) is 24.7. The number of ether oxygens (including phenoxy) is 3. The normalized spacial score (nSPS) is 19.2. The quantitative estimate of drug-likeness (QED) is 0.295. The molecule has 0 bridgehead atoms. The third-order valence-electron chi connectivity index (χ3n) is 6.32. The van der Waals surface area contributed by atoms with Crippen LogP contribution in [-0.4, -0.2) is 51.9 Å². The maximum atomic E-state index is 13.1. The fraction of sp³-hybridized carbons (Fsp3) is 0.259. The Morgan fingerprint density at radius 1 is 1.00 bits per heavy atom. The lowest BCUT2D eigenvalue weighted by Crippen LogP contribution is -2.36. The standard InChI is InChI=1S/C27H25ClN4O5/c1-15-3-7-17(8-4-15)25(33)36-14-21-22(37-26(34)18-9-5-16(2)6-10-18)20(13-35-21)32-12-11-19-23(28)30-27(29)31-24(19)32/h3-12,20-22H,13-14H2,1-2H3,(H2,29,30,31)/t20-,21-,22+/m1/s1. The number of aromatic nitrogens is 3. The summed E-state index contributed by atoms with van der Waals surface area (Å²) >= 11 is 6.26. The van der Waals surface area contributed by atoms with E-state index in [9.17, 15) is 9.59 Å². The number of nitrogens with two attached hydrogens (primary N) is 1. The van der Waals surface area contributed by atoms with E-state index in [1.54, 1.807) is 41.1 Å². The Kier molecular flexibility index (Phi) is 6.82. The smallest absolute Gasteiger partial charge is 0.338 e. The second-order valence-corrected chi connectivity index (χ2v) is 9.33. The Labute approximate surface area is 218 Å². The van der Waals surface area contributed by atoms with E-state index in [1.165, 1.54) is 0 Å². The van der Waals surface area contributed by atoms with Crippen molar-refractivity contribution in [1.29, 1.82) is 0 Å². The molecule has 190 valence electrons. The summed E-state index contributed by atoms with van der Waals surface area (Å²) in [7, 11) is 0.